The fourth-order valence-electron chi connectivity index (χ4n) is 2.46. The molecular weight excluding hydrogens is 336 g/mol. The van der Waals surface area contributed by atoms with Crippen LogP contribution < -0.4 is 4.74 Å². The van der Waals surface area contributed by atoms with Gasteiger partial charge in [-0.25, -0.2) is 8.42 Å². The summed E-state index contributed by atoms with van der Waals surface area (Å²) >= 11 is 1.43. The van der Waals surface area contributed by atoms with E-state index in [2.05, 4.69) is 10.2 Å². The molecule has 1 atom stereocenters. The lowest BCUT2D eigenvalue weighted by molar-refractivity contribution is 0.342. The van der Waals surface area contributed by atoms with Crippen LogP contribution in [0.25, 0.3) is 0 Å². The Hall–Kier alpha value is -1.54. The van der Waals surface area contributed by atoms with E-state index in [0.29, 0.717) is 36.3 Å². The molecule has 0 spiro atoms. The van der Waals surface area contributed by atoms with E-state index in [0.717, 1.165) is 5.75 Å². The molecule has 8 heteroatoms. The zero-order valence-electron chi connectivity index (χ0n) is 12.6. The molecule has 2 heterocycles. The van der Waals surface area contributed by atoms with Gasteiger partial charge in [-0.2, -0.15) is 0 Å². The van der Waals surface area contributed by atoms with E-state index in [9.17, 15) is 8.42 Å². The maximum atomic E-state index is 11.4. The number of nitrogens with zero attached hydrogens (tertiary/aromatic N) is 2. The van der Waals surface area contributed by atoms with Gasteiger partial charge < -0.3 is 9.15 Å². The van der Waals surface area contributed by atoms with Crippen LogP contribution in [0.5, 0.6) is 5.75 Å². The average molecular weight is 354 g/mol. The Balaban J connectivity index is 1.41. The molecule has 1 aromatic heterocycles. The number of rotatable bonds is 7. The highest BCUT2D eigenvalue weighted by Crippen LogP contribution is 2.24. The van der Waals surface area contributed by atoms with Crippen molar-refractivity contribution in [1.29, 1.82) is 0 Å². The predicted octanol–water partition coefficient (Wildman–Crippen LogP) is 2.22. The van der Waals surface area contributed by atoms with Crippen molar-refractivity contribution < 1.29 is 17.6 Å². The molecule has 0 radical (unpaired) electrons. The summed E-state index contributed by atoms with van der Waals surface area (Å²) in [5.74, 6) is 2.64. The number of thioether (sulfide) groups is 1. The Kier molecular flexibility index (Phi) is 5.22. The molecule has 124 valence electrons. The van der Waals surface area contributed by atoms with Crippen LogP contribution in [-0.2, 0) is 16.3 Å². The first-order chi connectivity index (χ1) is 11.1. The standard InChI is InChI=1S/C15H18N2O4S2/c18-23(19)9-6-12(11-23)10-14-16-17-15(21-14)22-8-7-20-13-4-2-1-3-5-13/h1-5,12H,6-11H2. The first-order valence-corrected chi connectivity index (χ1v) is 10.2. The summed E-state index contributed by atoms with van der Waals surface area (Å²) in [5, 5.41) is 8.47. The Bertz CT molecular complexity index is 731. The smallest absolute Gasteiger partial charge is 0.276 e. The van der Waals surface area contributed by atoms with Crippen molar-refractivity contribution in [3.05, 3.63) is 36.2 Å². The third-order valence-corrected chi connectivity index (χ3v) is 6.18. The largest absolute Gasteiger partial charge is 0.493 e. The number of ether oxygens (including phenoxy) is 1. The van der Waals surface area contributed by atoms with Gasteiger partial charge in [-0.15, -0.1) is 10.2 Å². The third-order valence-electron chi connectivity index (χ3n) is 3.56. The lowest BCUT2D eigenvalue weighted by Crippen LogP contribution is -2.07. The molecule has 1 fully saturated rings. The van der Waals surface area contributed by atoms with Gasteiger partial charge in [0.05, 0.1) is 18.1 Å². The number of hydrogen-bond acceptors (Lipinski definition) is 7. The zero-order chi connectivity index (χ0) is 16.1. The monoisotopic (exact) mass is 354 g/mol. The molecule has 1 saturated heterocycles. The molecule has 6 nitrogen and oxygen atoms in total. The highest BCUT2D eigenvalue weighted by molar-refractivity contribution is 7.99. The zero-order valence-corrected chi connectivity index (χ0v) is 14.2. The minimum absolute atomic E-state index is 0.0970. The topological polar surface area (TPSA) is 82.3 Å². The quantitative estimate of drug-likeness (QED) is 0.557. The molecule has 1 unspecified atom stereocenters. The number of hydrogen-bond donors (Lipinski definition) is 0. The molecule has 0 bridgehead atoms. The average Bonchev–Trinajstić information content (AvgIpc) is 3.11. The Morgan fingerprint density at radius 3 is 2.83 bits per heavy atom. The normalized spacial score (nSPS) is 19.7. The molecular formula is C15H18N2O4S2. The predicted molar refractivity (Wildman–Crippen MR) is 87.4 cm³/mol. The lowest BCUT2D eigenvalue weighted by atomic mass is 10.1. The van der Waals surface area contributed by atoms with Crippen LogP contribution in [-0.4, -0.2) is 42.5 Å². The van der Waals surface area contributed by atoms with E-state index < -0.39 is 9.84 Å². The van der Waals surface area contributed by atoms with Crippen molar-refractivity contribution in [3.8, 4) is 5.75 Å². The maximum Gasteiger partial charge on any atom is 0.276 e. The number of sulfone groups is 1. The molecule has 1 aliphatic rings. The summed E-state index contributed by atoms with van der Waals surface area (Å²) in [5.41, 5.74) is 0. The second kappa shape index (κ2) is 7.35. The van der Waals surface area contributed by atoms with Crippen LogP contribution in [0.3, 0.4) is 0 Å². The van der Waals surface area contributed by atoms with Crippen molar-refractivity contribution in [1.82, 2.24) is 10.2 Å². The van der Waals surface area contributed by atoms with Crippen LogP contribution in [0.1, 0.15) is 12.3 Å². The highest BCUT2D eigenvalue weighted by atomic mass is 32.2. The molecule has 3 rings (SSSR count). The molecule has 2 aromatic rings. The molecule has 0 N–H and O–H groups in total. The van der Waals surface area contributed by atoms with Crippen molar-refractivity contribution in [3.63, 3.8) is 0 Å². The molecule has 0 aliphatic carbocycles. The minimum atomic E-state index is -2.86. The minimum Gasteiger partial charge on any atom is -0.493 e. The first kappa shape index (κ1) is 16.3. The summed E-state index contributed by atoms with van der Waals surface area (Å²) in [6.45, 7) is 0.549. The first-order valence-electron chi connectivity index (χ1n) is 7.44. The van der Waals surface area contributed by atoms with Crippen LogP contribution in [0, 0.1) is 5.92 Å². The van der Waals surface area contributed by atoms with Gasteiger partial charge in [-0.1, -0.05) is 30.0 Å². The number of aromatic nitrogens is 2. The van der Waals surface area contributed by atoms with Gasteiger partial charge in [0.25, 0.3) is 5.22 Å². The SMILES string of the molecule is O=S1(=O)CCC(Cc2nnc(SCCOc3ccccc3)o2)C1. The van der Waals surface area contributed by atoms with Crippen molar-refractivity contribution >= 4 is 21.6 Å². The summed E-state index contributed by atoms with van der Waals surface area (Å²) < 4.78 is 34.0. The van der Waals surface area contributed by atoms with E-state index in [1.807, 2.05) is 30.3 Å². The Labute approximate surface area is 139 Å². The van der Waals surface area contributed by atoms with Crippen molar-refractivity contribution in [2.75, 3.05) is 23.9 Å². The van der Waals surface area contributed by atoms with Gasteiger partial charge in [-0.3, -0.25) is 0 Å². The Morgan fingerprint density at radius 2 is 2.09 bits per heavy atom. The summed E-state index contributed by atoms with van der Waals surface area (Å²) in [7, 11) is -2.86. The van der Waals surface area contributed by atoms with Gasteiger partial charge >= 0.3 is 0 Å². The number of para-hydroxylation sites is 1. The fourth-order valence-corrected chi connectivity index (χ4v) is 4.92. The molecule has 1 aliphatic heterocycles. The fraction of sp³-hybridized carbons (Fsp3) is 0.467. The van der Waals surface area contributed by atoms with Gasteiger partial charge in [-0.05, 0) is 24.5 Å². The molecule has 0 amide bonds. The van der Waals surface area contributed by atoms with E-state index >= 15 is 0 Å². The molecule has 0 saturated carbocycles. The van der Waals surface area contributed by atoms with Crippen LogP contribution in [0.4, 0.5) is 0 Å². The summed E-state index contributed by atoms with van der Waals surface area (Å²) in [4.78, 5) is 0. The second-order valence-electron chi connectivity index (χ2n) is 5.44. The van der Waals surface area contributed by atoms with E-state index in [-0.39, 0.29) is 17.4 Å². The van der Waals surface area contributed by atoms with Crippen LogP contribution >= 0.6 is 11.8 Å². The van der Waals surface area contributed by atoms with Gasteiger partial charge in [0.15, 0.2) is 9.84 Å². The second-order valence-corrected chi connectivity index (χ2v) is 8.72. The van der Waals surface area contributed by atoms with E-state index in [4.69, 9.17) is 9.15 Å². The van der Waals surface area contributed by atoms with Crippen molar-refractivity contribution in [2.45, 2.75) is 18.1 Å². The lowest BCUT2D eigenvalue weighted by Gasteiger charge is -2.04. The van der Waals surface area contributed by atoms with Crippen LogP contribution in [0.2, 0.25) is 0 Å². The van der Waals surface area contributed by atoms with Gasteiger partial charge in [0, 0.05) is 12.2 Å². The molecule has 23 heavy (non-hydrogen) atoms. The molecule has 1 aromatic carbocycles. The third kappa shape index (κ3) is 4.97. The summed E-state index contributed by atoms with van der Waals surface area (Å²) in [6.07, 6.45) is 1.21. The highest BCUT2D eigenvalue weighted by Gasteiger charge is 2.29. The summed E-state index contributed by atoms with van der Waals surface area (Å²) in [6, 6.07) is 9.61. The van der Waals surface area contributed by atoms with Gasteiger partial charge in [0.2, 0.25) is 5.89 Å². The Morgan fingerprint density at radius 1 is 1.26 bits per heavy atom. The number of benzene rings is 1. The van der Waals surface area contributed by atoms with E-state index in [1.165, 1.54) is 11.8 Å². The van der Waals surface area contributed by atoms with E-state index in [1.54, 1.807) is 0 Å². The van der Waals surface area contributed by atoms with Gasteiger partial charge in [0.1, 0.15) is 5.75 Å². The van der Waals surface area contributed by atoms with Crippen molar-refractivity contribution in [2.24, 2.45) is 5.92 Å². The maximum absolute atomic E-state index is 11.4. The van der Waals surface area contributed by atoms with Crippen LogP contribution in [0.15, 0.2) is 40.0 Å².